The molecule has 1 saturated heterocycles. The fourth-order valence-corrected chi connectivity index (χ4v) is 7.20. The van der Waals surface area contributed by atoms with Gasteiger partial charge in [0, 0.05) is 13.1 Å². The molecule has 1 heterocycles. The third kappa shape index (κ3) is 4.47. The van der Waals surface area contributed by atoms with Crippen LogP contribution in [-0.2, 0) is 19.4 Å². The number of carbonyl (C=O) groups excluding carboxylic acids is 3. The third-order valence-corrected chi connectivity index (χ3v) is 9.41. The molecule has 2 aliphatic rings. The minimum Gasteiger partial charge on any atom is -0.353 e. The first kappa shape index (κ1) is 23.3. The van der Waals surface area contributed by atoms with Crippen molar-refractivity contribution in [3.05, 3.63) is 71.1 Å². The number of benzene rings is 2. The van der Waals surface area contributed by atoms with E-state index >= 15 is 0 Å². The highest BCUT2D eigenvalue weighted by Gasteiger charge is 2.52. The van der Waals surface area contributed by atoms with Gasteiger partial charge in [0.05, 0.1) is 9.80 Å². The van der Waals surface area contributed by atoms with Crippen molar-refractivity contribution in [3.63, 3.8) is 0 Å². The molecule has 0 bridgehead atoms. The molecule has 0 spiro atoms. The lowest BCUT2D eigenvalue weighted by molar-refractivity contribution is -0.125. The molecule has 172 valence electrons. The van der Waals surface area contributed by atoms with Crippen LogP contribution in [0.2, 0.25) is 0 Å². The van der Waals surface area contributed by atoms with Crippen LogP contribution in [0.15, 0.2) is 70.5 Å². The number of hydrogen-bond acceptors (Lipinski definition) is 6. The van der Waals surface area contributed by atoms with Gasteiger partial charge in [0.25, 0.3) is 11.1 Å². The van der Waals surface area contributed by atoms with Crippen molar-refractivity contribution in [1.82, 2.24) is 10.2 Å². The molecular formula is C24H24N2O5S2. The van der Waals surface area contributed by atoms with Gasteiger partial charge in [0.2, 0.25) is 5.91 Å². The number of nitrogens with zero attached hydrogens (tertiary/aromatic N) is 1. The maximum atomic E-state index is 13.3. The van der Waals surface area contributed by atoms with Crippen molar-refractivity contribution in [1.29, 1.82) is 0 Å². The quantitative estimate of drug-likeness (QED) is 0.603. The van der Waals surface area contributed by atoms with E-state index in [1.54, 1.807) is 24.3 Å². The van der Waals surface area contributed by atoms with Crippen molar-refractivity contribution >= 4 is 44.7 Å². The fraction of sp³-hybridized carbons (Fsp3) is 0.292. The van der Waals surface area contributed by atoms with Crippen LogP contribution in [0, 0.1) is 0 Å². The average molecular weight is 485 g/mol. The summed E-state index contributed by atoms with van der Waals surface area (Å²) in [6, 6.07) is 17.2. The molecule has 2 aromatic carbocycles. The molecule has 1 aliphatic heterocycles. The zero-order valence-electron chi connectivity index (χ0n) is 17.9. The van der Waals surface area contributed by atoms with E-state index in [1.807, 2.05) is 30.3 Å². The van der Waals surface area contributed by atoms with Gasteiger partial charge in [-0.1, -0.05) is 61.4 Å². The Balaban J connectivity index is 1.44. The van der Waals surface area contributed by atoms with Gasteiger partial charge >= 0.3 is 0 Å². The second-order valence-corrected chi connectivity index (χ2v) is 11.3. The summed E-state index contributed by atoms with van der Waals surface area (Å²) in [5.74, 6) is -0.994. The smallest absolute Gasteiger partial charge is 0.293 e. The van der Waals surface area contributed by atoms with E-state index in [0.29, 0.717) is 17.7 Å². The third-order valence-electron chi connectivity index (χ3n) is 5.98. The summed E-state index contributed by atoms with van der Waals surface area (Å²) in [6.07, 6.45) is 3.44. The number of hydrogen-bond donors (Lipinski definition) is 1. The molecular weight excluding hydrogens is 460 g/mol. The minimum absolute atomic E-state index is 0.0124. The lowest BCUT2D eigenvalue weighted by Gasteiger charge is -2.28. The van der Waals surface area contributed by atoms with E-state index in [9.17, 15) is 22.8 Å². The first-order valence-electron chi connectivity index (χ1n) is 10.7. The van der Waals surface area contributed by atoms with Gasteiger partial charge in [0.15, 0.2) is 14.6 Å². The number of amides is 3. The number of sulfone groups is 1. The minimum atomic E-state index is -3.89. The van der Waals surface area contributed by atoms with Crippen molar-refractivity contribution < 1.29 is 22.8 Å². The van der Waals surface area contributed by atoms with E-state index in [0.717, 1.165) is 22.2 Å². The fourth-order valence-electron chi connectivity index (χ4n) is 4.22. The van der Waals surface area contributed by atoms with Crippen LogP contribution in [0.1, 0.15) is 31.2 Å². The highest BCUT2D eigenvalue weighted by molar-refractivity contribution is 8.18. The van der Waals surface area contributed by atoms with Crippen molar-refractivity contribution in [2.75, 3.05) is 13.1 Å². The molecule has 2 aromatic rings. The second kappa shape index (κ2) is 9.52. The summed E-state index contributed by atoms with van der Waals surface area (Å²) in [5.41, 5.74) is 0.811. The normalized spacial score (nSPS) is 19.3. The maximum Gasteiger partial charge on any atom is 0.293 e. The van der Waals surface area contributed by atoms with Crippen LogP contribution in [0.4, 0.5) is 4.79 Å². The monoisotopic (exact) mass is 484 g/mol. The van der Waals surface area contributed by atoms with Crippen LogP contribution < -0.4 is 5.32 Å². The standard InChI is InChI=1S/C24H24N2O5S2/c27-21-20(17-18-9-3-1-4-10-18)32-23(29)26(21)16-15-25-22(28)24(13-7-8-14-24)33(30,31)19-11-5-2-6-12-19/h1-6,9-12,17H,7-8,13-16H2,(H,25,28)/b20-17+. The summed E-state index contributed by atoms with van der Waals surface area (Å²) in [6.45, 7) is -0.0362. The predicted molar refractivity (Wildman–Crippen MR) is 127 cm³/mol. The van der Waals surface area contributed by atoms with E-state index in [2.05, 4.69) is 5.32 Å². The SMILES string of the molecule is O=C1S/C(=C/c2ccccc2)C(=O)N1CCNC(=O)C1(S(=O)(=O)c2ccccc2)CCCC1. The van der Waals surface area contributed by atoms with Gasteiger partial charge in [-0.25, -0.2) is 8.42 Å². The molecule has 9 heteroatoms. The predicted octanol–water partition coefficient (Wildman–Crippen LogP) is 3.63. The van der Waals surface area contributed by atoms with E-state index < -0.39 is 31.6 Å². The number of imide groups is 1. The van der Waals surface area contributed by atoms with Gasteiger partial charge in [-0.05, 0) is 48.4 Å². The zero-order chi connectivity index (χ0) is 23.5. The van der Waals surface area contributed by atoms with Crippen LogP contribution in [0.5, 0.6) is 0 Å². The Bertz CT molecular complexity index is 1190. The summed E-state index contributed by atoms with van der Waals surface area (Å²) in [4.78, 5) is 39.7. The van der Waals surface area contributed by atoms with E-state index in [4.69, 9.17) is 0 Å². The zero-order valence-corrected chi connectivity index (χ0v) is 19.5. The number of thioether (sulfide) groups is 1. The Labute approximate surface area is 197 Å². The number of nitrogens with one attached hydrogen (secondary N) is 1. The number of carbonyl (C=O) groups is 3. The Morgan fingerprint density at radius 3 is 2.24 bits per heavy atom. The second-order valence-electron chi connectivity index (χ2n) is 8.02. The number of rotatable bonds is 7. The van der Waals surface area contributed by atoms with Gasteiger partial charge < -0.3 is 5.32 Å². The summed E-state index contributed by atoms with van der Waals surface area (Å²) >= 11 is 0.852. The Morgan fingerprint density at radius 1 is 1.00 bits per heavy atom. The Hall–Kier alpha value is -2.91. The van der Waals surface area contributed by atoms with E-state index in [-0.39, 0.29) is 30.8 Å². The molecule has 2 fully saturated rings. The van der Waals surface area contributed by atoms with Crippen molar-refractivity contribution in [2.24, 2.45) is 0 Å². The van der Waals surface area contributed by atoms with Gasteiger partial charge in [-0.15, -0.1) is 0 Å². The molecule has 33 heavy (non-hydrogen) atoms. The van der Waals surface area contributed by atoms with E-state index in [1.165, 1.54) is 12.1 Å². The molecule has 0 aromatic heterocycles. The molecule has 7 nitrogen and oxygen atoms in total. The van der Waals surface area contributed by atoms with Crippen LogP contribution in [0.3, 0.4) is 0 Å². The Kier molecular flexibility index (Phi) is 6.71. The van der Waals surface area contributed by atoms with Crippen molar-refractivity contribution in [3.8, 4) is 0 Å². The lowest BCUT2D eigenvalue weighted by atomic mass is 10.1. The largest absolute Gasteiger partial charge is 0.353 e. The van der Waals surface area contributed by atoms with Crippen LogP contribution in [-0.4, -0.2) is 48.2 Å². The molecule has 4 rings (SSSR count). The highest BCUT2D eigenvalue weighted by Crippen LogP contribution is 2.40. The van der Waals surface area contributed by atoms with Crippen molar-refractivity contribution in [2.45, 2.75) is 35.3 Å². The average Bonchev–Trinajstić information content (AvgIpc) is 3.43. The lowest BCUT2D eigenvalue weighted by Crippen LogP contribution is -2.52. The summed E-state index contributed by atoms with van der Waals surface area (Å²) < 4.78 is 25.2. The van der Waals surface area contributed by atoms with Gasteiger partial charge in [0.1, 0.15) is 0 Å². The first-order valence-corrected chi connectivity index (χ1v) is 13.0. The molecule has 3 amide bonds. The highest BCUT2D eigenvalue weighted by atomic mass is 32.2. The molecule has 1 N–H and O–H groups in total. The molecule has 0 unspecified atom stereocenters. The van der Waals surface area contributed by atoms with Crippen LogP contribution >= 0.6 is 11.8 Å². The summed E-state index contributed by atoms with van der Waals surface area (Å²) in [7, 11) is -3.89. The first-order chi connectivity index (χ1) is 15.8. The molecule has 1 aliphatic carbocycles. The topological polar surface area (TPSA) is 101 Å². The molecule has 1 saturated carbocycles. The maximum absolute atomic E-state index is 13.3. The van der Waals surface area contributed by atoms with Gasteiger partial charge in [-0.2, -0.15) is 0 Å². The molecule has 0 atom stereocenters. The molecule has 0 radical (unpaired) electrons. The van der Waals surface area contributed by atoms with Crippen LogP contribution in [0.25, 0.3) is 6.08 Å². The Morgan fingerprint density at radius 2 is 1.61 bits per heavy atom. The summed E-state index contributed by atoms with van der Waals surface area (Å²) in [5, 5.41) is 2.27. The van der Waals surface area contributed by atoms with Gasteiger partial charge in [-0.3, -0.25) is 19.3 Å².